The smallest absolute Gasteiger partial charge is 0.261 e. The largest absolute Gasteiger partial charge is 0.508 e. The molecule has 0 spiro atoms. The Hall–Kier alpha value is -2.56. The molecule has 0 saturated carbocycles. The van der Waals surface area contributed by atoms with E-state index < -0.39 is 11.9 Å². The lowest BCUT2D eigenvalue weighted by atomic mass is 10.1. The standard InChI is InChI=1S/C18H20FNO3/c1-2-16(23-17-10-6-4-8-14(17)19)18(22)20-12-11-13-7-3-5-9-15(13)21/h3-10,16,21H,2,11-12H2,1H3,(H,20,22). The number of carbonyl (C=O) groups is 1. The summed E-state index contributed by atoms with van der Waals surface area (Å²) in [5, 5.41) is 12.4. The van der Waals surface area contributed by atoms with Crippen LogP contribution in [0.15, 0.2) is 48.5 Å². The molecule has 1 atom stereocenters. The minimum atomic E-state index is -0.753. The van der Waals surface area contributed by atoms with Gasteiger partial charge in [0, 0.05) is 6.54 Å². The molecule has 2 aromatic carbocycles. The maximum Gasteiger partial charge on any atom is 0.261 e. The Morgan fingerprint density at radius 3 is 2.61 bits per heavy atom. The first kappa shape index (κ1) is 16.8. The molecular weight excluding hydrogens is 297 g/mol. The fourth-order valence-electron chi connectivity index (χ4n) is 2.17. The second kappa shape index (κ2) is 8.17. The van der Waals surface area contributed by atoms with Gasteiger partial charge in [-0.2, -0.15) is 0 Å². The molecule has 0 fully saturated rings. The number of phenols is 1. The number of nitrogens with one attached hydrogen (secondary N) is 1. The summed E-state index contributed by atoms with van der Waals surface area (Å²) in [6, 6.07) is 13.0. The third-order valence-electron chi connectivity index (χ3n) is 3.45. The van der Waals surface area contributed by atoms with Crippen LogP contribution in [0.2, 0.25) is 0 Å². The average Bonchev–Trinajstić information content (AvgIpc) is 2.55. The molecule has 1 unspecified atom stereocenters. The predicted octanol–water partition coefficient (Wildman–Crippen LogP) is 3.05. The number of aromatic hydroxyl groups is 1. The molecule has 0 radical (unpaired) electrons. The van der Waals surface area contributed by atoms with Gasteiger partial charge in [-0.1, -0.05) is 37.3 Å². The van der Waals surface area contributed by atoms with Gasteiger partial charge < -0.3 is 15.2 Å². The zero-order valence-electron chi connectivity index (χ0n) is 13.0. The second-order valence-electron chi connectivity index (χ2n) is 5.11. The molecule has 2 N–H and O–H groups in total. The Balaban J connectivity index is 1.88. The van der Waals surface area contributed by atoms with E-state index in [1.54, 1.807) is 37.3 Å². The summed E-state index contributed by atoms with van der Waals surface area (Å²) >= 11 is 0. The van der Waals surface area contributed by atoms with E-state index in [9.17, 15) is 14.3 Å². The van der Waals surface area contributed by atoms with Crippen LogP contribution in [0.5, 0.6) is 11.5 Å². The van der Waals surface area contributed by atoms with E-state index in [2.05, 4.69) is 5.32 Å². The Labute approximate surface area is 134 Å². The zero-order valence-corrected chi connectivity index (χ0v) is 13.0. The quantitative estimate of drug-likeness (QED) is 0.825. The molecule has 2 rings (SSSR count). The van der Waals surface area contributed by atoms with E-state index in [1.165, 1.54) is 12.1 Å². The number of hydrogen-bond donors (Lipinski definition) is 2. The number of halogens is 1. The van der Waals surface area contributed by atoms with Crippen molar-refractivity contribution in [3.8, 4) is 11.5 Å². The highest BCUT2D eigenvalue weighted by atomic mass is 19.1. The van der Waals surface area contributed by atoms with Crippen LogP contribution in [-0.2, 0) is 11.2 Å². The van der Waals surface area contributed by atoms with Crippen LogP contribution in [-0.4, -0.2) is 23.7 Å². The van der Waals surface area contributed by atoms with Crippen LogP contribution in [0.1, 0.15) is 18.9 Å². The molecule has 0 aliphatic carbocycles. The highest BCUT2D eigenvalue weighted by Gasteiger charge is 2.19. The summed E-state index contributed by atoms with van der Waals surface area (Å²) in [4.78, 5) is 12.1. The highest BCUT2D eigenvalue weighted by molar-refractivity contribution is 5.81. The molecule has 1 amide bonds. The van der Waals surface area contributed by atoms with Crippen molar-refractivity contribution in [1.82, 2.24) is 5.32 Å². The number of benzene rings is 2. The molecule has 0 aromatic heterocycles. The van der Waals surface area contributed by atoms with Crippen LogP contribution in [0.3, 0.4) is 0 Å². The monoisotopic (exact) mass is 317 g/mol. The number of hydrogen-bond acceptors (Lipinski definition) is 3. The molecule has 122 valence electrons. The molecule has 0 heterocycles. The topological polar surface area (TPSA) is 58.6 Å². The third-order valence-corrected chi connectivity index (χ3v) is 3.45. The first-order valence-corrected chi connectivity index (χ1v) is 7.57. The summed E-state index contributed by atoms with van der Waals surface area (Å²) in [6.45, 7) is 2.17. The summed E-state index contributed by atoms with van der Waals surface area (Å²) < 4.78 is 19.0. The molecule has 5 heteroatoms. The average molecular weight is 317 g/mol. The van der Waals surface area contributed by atoms with Gasteiger partial charge in [0.25, 0.3) is 5.91 Å². The van der Waals surface area contributed by atoms with E-state index in [0.717, 1.165) is 5.56 Å². The van der Waals surface area contributed by atoms with Crippen molar-refractivity contribution in [2.45, 2.75) is 25.9 Å². The maximum atomic E-state index is 13.6. The van der Waals surface area contributed by atoms with Crippen LogP contribution in [0.4, 0.5) is 4.39 Å². The molecule has 23 heavy (non-hydrogen) atoms. The Bertz CT molecular complexity index is 660. The number of amides is 1. The minimum Gasteiger partial charge on any atom is -0.508 e. The van der Waals surface area contributed by atoms with Gasteiger partial charge in [-0.25, -0.2) is 4.39 Å². The molecule has 4 nitrogen and oxygen atoms in total. The summed E-state index contributed by atoms with van der Waals surface area (Å²) in [5.41, 5.74) is 0.760. The number of para-hydroxylation sites is 2. The van der Waals surface area contributed by atoms with Crippen molar-refractivity contribution in [2.75, 3.05) is 6.54 Å². The summed E-state index contributed by atoms with van der Waals surface area (Å²) in [5.74, 6) is -0.522. The highest BCUT2D eigenvalue weighted by Crippen LogP contribution is 2.18. The van der Waals surface area contributed by atoms with Gasteiger partial charge in [0.15, 0.2) is 17.7 Å². The van der Waals surface area contributed by atoms with Crippen LogP contribution < -0.4 is 10.1 Å². The van der Waals surface area contributed by atoms with Crippen molar-refractivity contribution in [3.05, 3.63) is 59.9 Å². The van der Waals surface area contributed by atoms with E-state index in [0.29, 0.717) is 19.4 Å². The van der Waals surface area contributed by atoms with Crippen LogP contribution >= 0.6 is 0 Å². The normalized spacial score (nSPS) is 11.7. The van der Waals surface area contributed by atoms with Gasteiger partial charge in [0.1, 0.15) is 5.75 Å². The lowest BCUT2D eigenvalue weighted by Gasteiger charge is -2.17. The lowest BCUT2D eigenvalue weighted by molar-refractivity contribution is -0.128. The molecule has 0 bridgehead atoms. The maximum absolute atomic E-state index is 13.6. The van der Waals surface area contributed by atoms with Crippen LogP contribution in [0.25, 0.3) is 0 Å². The van der Waals surface area contributed by atoms with Gasteiger partial charge >= 0.3 is 0 Å². The van der Waals surface area contributed by atoms with Crippen LogP contribution in [0, 0.1) is 5.82 Å². The minimum absolute atomic E-state index is 0.0650. The van der Waals surface area contributed by atoms with Gasteiger partial charge in [-0.15, -0.1) is 0 Å². The third kappa shape index (κ3) is 4.71. The van der Waals surface area contributed by atoms with Crippen molar-refractivity contribution < 1.29 is 19.0 Å². The van der Waals surface area contributed by atoms with Crippen molar-refractivity contribution in [2.24, 2.45) is 0 Å². The van der Waals surface area contributed by atoms with Gasteiger partial charge in [-0.3, -0.25) is 4.79 Å². The summed E-state index contributed by atoms with van der Waals surface area (Å²) in [7, 11) is 0. The Kier molecular flexibility index (Phi) is 5.97. The molecule has 0 saturated heterocycles. The zero-order chi connectivity index (χ0) is 16.7. The van der Waals surface area contributed by atoms with E-state index in [1.807, 2.05) is 6.07 Å². The first-order chi connectivity index (χ1) is 11.1. The van der Waals surface area contributed by atoms with Crippen molar-refractivity contribution in [3.63, 3.8) is 0 Å². The van der Waals surface area contributed by atoms with Gasteiger partial charge in [-0.05, 0) is 36.6 Å². The molecule has 0 aliphatic rings. The van der Waals surface area contributed by atoms with Crippen molar-refractivity contribution >= 4 is 5.91 Å². The second-order valence-corrected chi connectivity index (χ2v) is 5.11. The fraction of sp³-hybridized carbons (Fsp3) is 0.278. The van der Waals surface area contributed by atoms with E-state index in [-0.39, 0.29) is 17.4 Å². The van der Waals surface area contributed by atoms with Crippen molar-refractivity contribution in [1.29, 1.82) is 0 Å². The Morgan fingerprint density at radius 2 is 1.91 bits per heavy atom. The predicted molar refractivity (Wildman–Crippen MR) is 85.9 cm³/mol. The SMILES string of the molecule is CCC(Oc1ccccc1F)C(=O)NCCc1ccccc1O. The fourth-order valence-corrected chi connectivity index (χ4v) is 2.17. The lowest BCUT2D eigenvalue weighted by Crippen LogP contribution is -2.39. The number of phenolic OH excluding ortho intramolecular Hbond substituents is 1. The Morgan fingerprint density at radius 1 is 1.22 bits per heavy atom. The van der Waals surface area contributed by atoms with E-state index in [4.69, 9.17) is 4.74 Å². The number of carbonyl (C=O) groups excluding carboxylic acids is 1. The molecule has 0 aliphatic heterocycles. The van der Waals surface area contributed by atoms with Gasteiger partial charge in [0.2, 0.25) is 0 Å². The number of ether oxygens (including phenoxy) is 1. The molecular formula is C18H20FNO3. The van der Waals surface area contributed by atoms with Gasteiger partial charge in [0.05, 0.1) is 0 Å². The first-order valence-electron chi connectivity index (χ1n) is 7.57. The summed E-state index contributed by atoms with van der Waals surface area (Å²) in [6.07, 6.45) is 0.182. The van der Waals surface area contributed by atoms with E-state index >= 15 is 0 Å². The number of rotatable bonds is 7. The molecule has 2 aromatic rings.